The number of rotatable bonds is 6. The lowest BCUT2D eigenvalue weighted by Crippen LogP contribution is -2.24. The van der Waals surface area contributed by atoms with E-state index < -0.39 is 0 Å². The van der Waals surface area contributed by atoms with Crippen molar-refractivity contribution in [2.75, 3.05) is 6.54 Å². The molecule has 1 N–H and O–H groups in total. The smallest absolute Gasteiger partial charge is 0.0762 e. The zero-order valence-electron chi connectivity index (χ0n) is 12.1. The van der Waals surface area contributed by atoms with E-state index in [2.05, 4.69) is 48.4 Å². The van der Waals surface area contributed by atoms with Gasteiger partial charge >= 0.3 is 0 Å². The first kappa shape index (κ1) is 15.0. The Morgan fingerprint density at radius 2 is 1.80 bits per heavy atom. The Bertz CT molecular complexity index is 537. The van der Waals surface area contributed by atoms with Crippen LogP contribution in [0.15, 0.2) is 42.6 Å². The molecule has 3 heteroatoms. The summed E-state index contributed by atoms with van der Waals surface area (Å²) in [5.41, 5.74) is 3.59. The van der Waals surface area contributed by atoms with Gasteiger partial charge in [-0.1, -0.05) is 49.7 Å². The minimum absolute atomic E-state index is 0.154. The first-order chi connectivity index (χ1) is 9.74. The van der Waals surface area contributed by atoms with Crippen molar-refractivity contribution in [3.8, 4) is 0 Å². The monoisotopic (exact) mass is 288 g/mol. The fraction of sp³-hybridized carbons (Fsp3) is 0.353. The van der Waals surface area contributed by atoms with E-state index in [1.807, 2.05) is 12.1 Å². The van der Waals surface area contributed by atoms with E-state index in [0.717, 1.165) is 30.1 Å². The second kappa shape index (κ2) is 7.41. The third-order valence-corrected chi connectivity index (χ3v) is 3.76. The van der Waals surface area contributed by atoms with Crippen LogP contribution in [0.3, 0.4) is 0 Å². The number of nitrogens with one attached hydrogen (secondary N) is 1. The molecule has 0 aliphatic heterocycles. The van der Waals surface area contributed by atoms with Crippen LogP contribution in [0.25, 0.3) is 0 Å². The van der Waals surface area contributed by atoms with Crippen LogP contribution in [-0.2, 0) is 12.8 Å². The Balaban J connectivity index is 2.18. The molecule has 20 heavy (non-hydrogen) atoms. The molecule has 0 bridgehead atoms. The summed E-state index contributed by atoms with van der Waals surface area (Å²) in [4.78, 5) is 4.43. The lowest BCUT2D eigenvalue weighted by atomic mass is 10.0. The highest BCUT2D eigenvalue weighted by Gasteiger charge is 2.15. The number of likely N-dealkylation sites (N-methyl/N-ethyl adjacent to an activating group) is 1. The summed E-state index contributed by atoms with van der Waals surface area (Å²) in [6.45, 7) is 5.17. The number of aromatic nitrogens is 1. The quantitative estimate of drug-likeness (QED) is 0.862. The molecule has 1 aromatic carbocycles. The molecule has 1 unspecified atom stereocenters. The Hall–Kier alpha value is -1.38. The average molecular weight is 289 g/mol. The molecular weight excluding hydrogens is 268 g/mol. The molecule has 0 aliphatic carbocycles. The fourth-order valence-electron chi connectivity index (χ4n) is 2.31. The van der Waals surface area contributed by atoms with Crippen LogP contribution in [0.4, 0.5) is 0 Å². The predicted octanol–water partition coefficient (Wildman–Crippen LogP) is 4.19. The van der Waals surface area contributed by atoms with E-state index >= 15 is 0 Å². The van der Waals surface area contributed by atoms with Crippen LogP contribution >= 0.6 is 11.6 Å². The maximum atomic E-state index is 6.27. The molecule has 1 heterocycles. The van der Waals surface area contributed by atoms with Crippen LogP contribution in [0.5, 0.6) is 0 Å². The van der Waals surface area contributed by atoms with Gasteiger partial charge in [-0.3, -0.25) is 4.98 Å². The third-order valence-electron chi connectivity index (χ3n) is 3.44. The predicted molar refractivity (Wildman–Crippen MR) is 85.2 cm³/mol. The molecule has 0 aliphatic rings. The van der Waals surface area contributed by atoms with Crippen molar-refractivity contribution in [3.05, 3.63) is 64.4 Å². The SMILES string of the molecule is CCNC(Cc1ccc(CC)cc1)c1ncccc1Cl. The molecule has 1 atom stereocenters. The molecule has 0 amide bonds. The molecule has 0 radical (unpaired) electrons. The summed E-state index contributed by atoms with van der Waals surface area (Å²) in [6, 6.07) is 12.7. The van der Waals surface area contributed by atoms with Crippen molar-refractivity contribution in [2.24, 2.45) is 0 Å². The van der Waals surface area contributed by atoms with Gasteiger partial charge in [0.05, 0.1) is 16.8 Å². The summed E-state index contributed by atoms with van der Waals surface area (Å²) in [5, 5.41) is 4.20. The fourth-order valence-corrected chi connectivity index (χ4v) is 2.57. The highest BCUT2D eigenvalue weighted by atomic mass is 35.5. The number of aryl methyl sites for hydroxylation is 1. The second-order valence-electron chi connectivity index (χ2n) is 4.85. The number of hydrogen-bond donors (Lipinski definition) is 1. The van der Waals surface area contributed by atoms with E-state index in [1.54, 1.807) is 6.20 Å². The van der Waals surface area contributed by atoms with Gasteiger partial charge in [0.1, 0.15) is 0 Å². The maximum Gasteiger partial charge on any atom is 0.0762 e. The lowest BCUT2D eigenvalue weighted by Gasteiger charge is -2.18. The van der Waals surface area contributed by atoms with Crippen molar-refractivity contribution in [3.63, 3.8) is 0 Å². The zero-order valence-corrected chi connectivity index (χ0v) is 12.8. The topological polar surface area (TPSA) is 24.9 Å². The van der Waals surface area contributed by atoms with Crippen molar-refractivity contribution in [1.29, 1.82) is 0 Å². The van der Waals surface area contributed by atoms with E-state index in [1.165, 1.54) is 11.1 Å². The molecule has 2 aromatic rings. The van der Waals surface area contributed by atoms with E-state index in [9.17, 15) is 0 Å². The van der Waals surface area contributed by atoms with Crippen LogP contribution < -0.4 is 5.32 Å². The van der Waals surface area contributed by atoms with Gasteiger partial charge in [0.2, 0.25) is 0 Å². The Kier molecular flexibility index (Phi) is 5.57. The van der Waals surface area contributed by atoms with Gasteiger partial charge < -0.3 is 5.32 Å². The van der Waals surface area contributed by atoms with E-state index in [-0.39, 0.29) is 6.04 Å². The highest BCUT2D eigenvalue weighted by molar-refractivity contribution is 6.31. The van der Waals surface area contributed by atoms with Crippen molar-refractivity contribution in [1.82, 2.24) is 10.3 Å². The number of halogens is 1. The molecule has 2 rings (SSSR count). The number of nitrogens with zero attached hydrogens (tertiary/aromatic N) is 1. The molecule has 1 aromatic heterocycles. The largest absolute Gasteiger partial charge is 0.309 e. The van der Waals surface area contributed by atoms with E-state index in [0.29, 0.717) is 0 Å². The minimum atomic E-state index is 0.154. The van der Waals surface area contributed by atoms with Gasteiger partial charge in [-0.2, -0.15) is 0 Å². The summed E-state index contributed by atoms with van der Waals surface area (Å²) in [7, 11) is 0. The lowest BCUT2D eigenvalue weighted by molar-refractivity contribution is 0.537. The average Bonchev–Trinajstić information content (AvgIpc) is 2.48. The van der Waals surface area contributed by atoms with Gasteiger partial charge in [0, 0.05) is 6.20 Å². The summed E-state index contributed by atoms with van der Waals surface area (Å²) < 4.78 is 0. The van der Waals surface area contributed by atoms with Crippen molar-refractivity contribution < 1.29 is 0 Å². The molecule has 106 valence electrons. The Morgan fingerprint density at radius 1 is 1.10 bits per heavy atom. The number of pyridine rings is 1. The van der Waals surface area contributed by atoms with Gasteiger partial charge in [-0.15, -0.1) is 0 Å². The standard InChI is InChI=1S/C17H21ClN2/c1-3-13-7-9-14(10-8-13)12-16(19-4-2)17-15(18)6-5-11-20-17/h5-11,16,19H,3-4,12H2,1-2H3. The first-order valence-corrected chi connectivity index (χ1v) is 7.54. The highest BCUT2D eigenvalue weighted by Crippen LogP contribution is 2.23. The second-order valence-corrected chi connectivity index (χ2v) is 5.26. The van der Waals surface area contributed by atoms with Crippen LogP contribution in [0.2, 0.25) is 5.02 Å². The van der Waals surface area contributed by atoms with Crippen LogP contribution in [0.1, 0.15) is 36.7 Å². The normalized spacial score (nSPS) is 12.3. The van der Waals surface area contributed by atoms with Crippen molar-refractivity contribution >= 4 is 11.6 Å². The number of benzene rings is 1. The minimum Gasteiger partial charge on any atom is -0.309 e. The summed E-state index contributed by atoms with van der Waals surface area (Å²) >= 11 is 6.27. The summed E-state index contributed by atoms with van der Waals surface area (Å²) in [6.07, 6.45) is 3.77. The zero-order chi connectivity index (χ0) is 14.4. The Morgan fingerprint density at radius 3 is 2.40 bits per heavy atom. The molecule has 2 nitrogen and oxygen atoms in total. The molecular formula is C17H21ClN2. The van der Waals surface area contributed by atoms with Gasteiger partial charge in [0.25, 0.3) is 0 Å². The Labute approximate surface area is 126 Å². The van der Waals surface area contributed by atoms with E-state index in [4.69, 9.17) is 11.6 Å². The van der Waals surface area contributed by atoms with Crippen molar-refractivity contribution in [2.45, 2.75) is 32.7 Å². The van der Waals surface area contributed by atoms with Crippen LogP contribution in [-0.4, -0.2) is 11.5 Å². The van der Waals surface area contributed by atoms with Crippen LogP contribution in [0, 0.1) is 0 Å². The van der Waals surface area contributed by atoms with Gasteiger partial charge in [-0.05, 0) is 42.6 Å². The van der Waals surface area contributed by atoms with Gasteiger partial charge in [-0.25, -0.2) is 0 Å². The number of hydrogen-bond acceptors (Lipinski definition) is 2. The molecule has 0 saturated carbocycles. The summed E-state index contributed by atoms with van der Waals surface area (Å²) in [5.74, 6) is 0. The van der Waals surface area contributed by atoms with Gasteiger partial charge in [0.15, 0.2) is 0 Å². The molecule has 0 fully saturated rings. The molecule has 0 saturated heterocycles. The first-order valence-electron chi connectivity index (χ1n) is 7.16. The third kappa shape index (κ3) is 3.81. The maximum absolute atomic E-state index is 6.27. The molecule has 0 spiro atoms.